The molecular weight excluding hydrogens is 316 g/mol. The van der Waals surface area contributed by atoms with Crippen LogP contribution in [0, 0.1) is 11.3 Å². The van der Waals surface area contributed by atoms with E-state index in [1.54, 1.807) is 18.6 Å². The van der Waals surface area contributed by atoms with Crippen molar-refractivity contribution in [3.8, 4) is 6.07 Å². The van der Waals surface area contributed by atoms with Gasteiger partial charge in [-0.15, -0.1) is 11.8 Å². The molecule has 0 spiro atoms. The maximum Gasteiger partial charge on any atom is 0.103 e. The van der Waals surface area contributed by atoms with Crippen molar-refractivity contribution in [1.29, 1.82) is 5.26 Å². The van der Waals surface area contributed by atoms with E-state index in [1.807, 2.05) is 23.9 Å². The molecule has 1 N–H and O–H groups in total. The van der Waals surface area contributed by atoms with Crippen LogP contribution < -0.4 is 5.32 Å². The fraction of sp³-hybridized carbons (Fsp3) is 0.211. The largest absolute Gasteiger partial charge is 0.377 e. The average Bonchev–Trinajstić information content (AvgIpc) is 3.11. The van der Waals surface area contributed by atoms with Crippen molar-refractivity contribution in [1.82, 2.24) is 9.97 Å². The number of aryl methyl sites for hydroxylation is 1. The summed E-state index contributed by atoms with van der Waals surface area (Å²) in [6.07, 6.45) is 6.26. The zero-order valence-electron chi connectivity index (χ0n) is 13.3. The molecule has 118 valence electrons. The monoisotopic (exact) mass is 332 g/mol. The van der Waals surface area contributed by atoms with Gasteiger partial charge < -0.3 is 5.32 Å². The fourth-order valence-electron chi connectivity index (χ4n) is 3.17. The first-order chi connectivity index (χ1) is 11.8. The van der Waals surface area contributed by atoms with E-state index in [-0.39, 0.29) is 6.04 Å². The van der Waals surface area contributed by atoms with Crippen LogP contribution in [0.4, 0.5) is 5.69 Å². The molecule has 1 aromatic carbocycles. The smallest absolute Gasteiger partial charge is 0.103 e. The van der Waals surface area contributed by atoms with Crippen LogP contribution in [0.25, 0.3) is 10.9 Å². The molecule has 4 rings (SSSR count). The van der Waals surface area contributed by atoms with Gasteiger partial charge in [-0.1, -0.05) is 0 Å². The minimum absolute atomic E-state index is 0.0793. The standard InChI is InChI=1S/C19H16N4S/c1-12(13-4-7-21-8-5-13)23-19-14(10-20)11-22-16-2-3-17-15(18(16)19)6-9-24-17/h2-5,7-8,11-12H,6,9H2,1H3,(H,22,23). The van der Waals surface area contributed by atoms with Crippen molar-refractivity contribution < 1.29 is 0 Å². The topological polar surface area (TPSA) is 61.6 Å². The third kappa shape index (κ3) is 2.49. The Bertz CT molecular complexity index is 947. The number of thioether (sulfide) groups is 1. The van der Waals surface area contributed by atoms with Crippen molar-refractivity contribution in [3.05, 3.63) is 59.5 Å². The van der Waals surface area contributed by atoms with Gasteiger partial charge >= 0.3 is 0 Å². The van der Waals surface area contributed by atoms with Gasteiger partial charge in [-0.25, -0.2) is 0 Å². The van der Waals surface area contributed by atoms with E-state index < -0.39 is 0 Å². The van der Waals surface area contributed by atoms with E-state index in [1.165, 1.54) is 10.5 Å². The Labute approximate surface area is 144 Å². The summed E-state index contributed by atoms with van der Waals surface area (Å²) in [5, 5.41) is 14.2. The lowest BCUT2D eigenvalue weighted by atomic mass is 10.0. The van der Waals surface area contributed by atoms with Crippen LogP contribution in [0.2, 0.25) is 0 Å². The number of nitrogens with one attached hydrogen (secondary N) is 1. The summed E-state index contributed by atoms with van der Waals surface area (Å²) < 4.78 is 0. The van der Waals surface area contributed by atoms with Gasteiger partial charge in [0.2, 0.25) is 0 Å². The lowest BCUT2D eigenvalue weighted by molar-refractivity contribution is 0.881. The maximum absolute atomic E-state index is 9.56. The second kappa shape index (κ2) is 6.14. The van der Waals surface area contributed by atoms with Gasteiger partial charge in [0.25, 0.3) is 0 Å². The molecule has 3 heterocycles. The van der Waals surface area contributed by atoms with Gasteiger partial charge in [-0.3, -0.25) is 9.97 Å². The Morgan fingerprint density at radius 3 is 2.88 bits per heavy atom. The first kappa shape index (κ1) is 15.0. The minimum Gasteiger partial charge on any atom is -0.377 e. The molecule has 0 amide bonds. The molecule has 3 aromatic rings. The summed E-state index contributed by atoms with van der Waals surface area (Å²) in [5.74, 6) is 1.09. The first-order valence-corrected chi connectivity index (χ1v) is 8.90. The van der Waals surface area contributed by atoms with Crippen molar-refractivity contribution in [2.45, 2.75) is 24.3 Å². The normalized spacial score (nSPS) is 14.2. The molecular formula is C19H16N4S. The molecule has 0 aliphatic carbocycles. The predicted molar refractivity (Wildman–Crippen MR) is 97.2 cm³/mol. The van der Waals surface area contributed by atoms with Crippen LogP contribution in [0.1, 0.15) is 29.7 Å². The number of nitriles is 1. The first-order valence-electron chi connectivity index (χ1n) is 7.92. The van der Waals surface area contributed by atoms with E-state index in [0.717, 1.165) is 34.3 Å². The Morgan fingerprint density at radius 1 is 1.25 bits per heavy atom. The highest BCUT2D eigenvalue weighted by Crippen LogP contribution is 2.40. The highest BCUT2D eigenvalue weighted by molar-refractivity contribution is 7.99. The second-order valence-corrected chi connectivity index (χ2v) is 6.98. The van der Waals surface area contributed by atoms with E-state index in [9.17, 15) is 5.26 Å². The Hall–Kier alpha value is -2.58. The molecule has 1 atom stereocenters. The third-order valence-electron chi connectivity index (χ3n) is 4.40. The summed E-state index contributed by atoms with van der Waals surface area (Å²) in [6, 6.07) is 10.6. The molecule has 5 heteroatoms. The van der Waals surface area contributed by atoms with Crippen LogP contribution >= 0.6 is 11.8 Å². The summed E-state index contributed by atoms with van der Waals surface area (Å²) in [7, 11) is 0. The minimum atomic E-state index is 0.0793. The van der Waals surface area contributed by atoms with Crippen molar-refractivity contribution >= 4 is 28.4 Å². The second-order valence-electron chi connectivity index (χ2n) is 5.84. The lowest BCUT2D eigenvalue weighted by Gasteiger charge is -2.19. The summed E-state index contributed by atoms with van der Waals surface area (Å²) in [6.45, 7) is 2.10. The summed E-state index contributed by atoms with van der Waals surface area (Å²) in [4.78, 5) is 9.87. The summed E-state index contributed by atoms with van der Waals surface area (Å²) in [5.41, 5.74) is 4.88. The van der Waals surface area contributed by atoms with Crippen molar-refractivity contribution in [2.75, 3.05) is 11.1 Å². The molecule has 0 saturated heterocycles. The van der Waals surface area contributed by atoms with Crippen molar-refractivity contribution in [2.24, 2.45) is 0 Å². The molecule has 1 aliphatic heterocycles. The lowest BCUT2D eigenvalue weighted by Crippen LogP contribution is -2.09. The van der Waals surface area contributed by atoms with Crippen LogP contribution in [0.3, 0.4) is 0 Å². The maximum atomic E-state index is 9.56. The number of fused-ring (bicyclic) bond motifs is 3. The third-order valence-corrected chi connectivity index (χ3v) is 5.50. The number of benzene rings is 1. The van der Waals surface area contributed by atoms with E-state index in [2.05, 4.69) is 40.4 Å². The molecule has 1 unspecified atom stereocenters. The number of pyridine rings is 2. The average molecular weight is 332 g/mol. The number of rotatable bonds is 3. The fourth-order valence-corrected chi connectivity index (χ4v) is 4.24. The van der Waals surface area contributed by atoms with Gasteiger partial charge in [0.1, 0.15) is 6.07 Å². The van der Waals surface area contributed by atoms with Gasteiger partial charge in [0.05, 0.1) is 16.8 Å². The molecule has 24 heavy (non-hydrogen) atoms. The SMILES string of the molecule is CC(Nc1c(C#N)cnc2ccc3c(c12)CCS3)c1ccncc1. The van der Waals surface area contributed by atoms with Crippen LogP contribution in [-0.4, -0.2) is 15.7 Å². The van der Waals surface area contributed by atoms with Crippen molar-refractivity contribution in [3.63, 3.8) is 0 Å². The summed E-state index contributed by atoms with van der Waals surface area (Å²) >= 11 is 1.87. The van der Waals surface area contributed by atoms with Crippen LogP contribution in [0.15, 0.2) is 47.8 Å². The zero-order valence-corrected chi connectivity index (χ0v) is 14.1. The van der Waals surface area contributed by atoms with Gasteiger partial charge in [-0.2, -0.15) is 5.26 Å². The van der Waals surface area contributed by atoms with Gasteiger partial charge in [-0.05, 0) is 48.7 Å². The van der Waals surface area contributed by atoms with E-state index in [4.69, 9.17) is 0 Å². The highest BCUT2D eigenvalue weighted by atomic mass is 32.2. The molecule has 1 aliphatic rings. The Morgan fingerprint density at radius 2 is 2.08 bits per heavy atom. The molecule has 4 nitrogen and oxygen atoms in total. The van der Waals surface area contributed by atoms with Crippen LogP contribution in [0.5, 0.6) is 0 Å². The number of anilines is 1. The molecule has 0 radical (unpaired) electrons. The molecule has 0 saturated carbocycles. The van der Waals surface area contributed by atoms with E-state index >= 15 is 0 Å². The Kier molecular flexibility index (Phi) is 3.83. The number of hydrogen-bond donors (Lipinski definition) is 1. The van der Waals surface area contributed by atoms with Gasteiger partial charge in [0, 0.05) is 40.7 Å². The van der Waals surface area contributed by atoms with E-state index in [0.29, 0.717) is 5.56 Å². The highest BCUT2D eigenvalue weighted by Gasteiger charge is 2.20. The quantitative estimate of drug-likeness (QED) is 0.774. The van der Waals surface area contributed by atoms with Crippen LogP contribution in [-0.2, 0) is 6.42 Å². The number of aromatic nitrogens is 2. The number of nitrogens with zero attached hydrogens (tertiary/aromatic N) is 3. The Balaban J connectivity index is 1.87. The van der Waals surface area contributed by atoms with Gasteiger partial charge in [0.15, 0.2) is 0 Å². The molecule has 0 fully saturated rings. The molecule has 0 bridgehead atoms. The number of hydrogen-bond acceptors (Lipinski definition) is 5. The predicted octanol–water partition coefficient (Wildman–Crippen LogP) is 4.32. The zero-order chi connectivity index (χ0) is 16.5. The molecule has 2 aromatic heterocycles.